The lowest BCUT2D eigenvalue weighted by atomic mass is 9.73. The Morgan fingerprint density at radius 3 is 2.77 bits per heavy atom. The summed E-state index contributed by atoms with van der Waals surface area (Å²) in [6.07, 6.45) is 3.43. The number of aromatic nitrogens is 3. The first-order chi connectivity index (χ1) is 14.9. The molecule has 2 atom stereocenters. The average molecular weight is 426 g/mol. The van der Waals surface area contributed by atoms with Crippen molar-refractivity contribution in [2.24, 2.45) is 5.92 Å². The van der Waals surface area contributed by atoms with E-state index in [-0.39, 0.29) is 24.9 Å². The summed E-state index contributed by atoms with van der Waals surface area (Å²) in [5.74, 6) is 1.00. The minimum absolute atomic E-state index is 0.0522. The number of rotatable bonds is 6. The van der Waals surface area contributed by atoms with E-state index in [1.165, 1.54) is 0 Å². The van der Waals surface area contributed by atoms with Crippen molar-refractivity contribution < 1.29 is 19.1 Å². The second kappa shape index (κ2) is 8.37. The number of nitrogens with one attached hydrogen (secondary N) is 3. The highest BCUT2D eigenvalue weighted by molar-refractivity contribution is 6.09. The summed E-state index contributed by atoms with van der Waals surface area (Å²) in [5.41, 5.74) is -0.0609. The van der Waals surface area contributed by atoms with Gasteiger partial charge in [-0.05, 0) is 43.0 Å². The Morgan fingerprint density at radius 2 is 2.06 bits per heavy atom. The largest absolute Gasteiger partial charge is 0.497 e. The number of ether oxygens (including phenoxy) is 1. The monoisotopic (exact) mass is 426 g/mol. The maximum Gasteiger partial charge on any atom is 0.325 e. The lowest BCUT2D eigenvalue weighted by molar-refractivity contribution is -0.137. The van der Waals surface area contributed by atoms with Crippen molar-refractivity contribution in [2.75, 3.05) is 13.7 Å². The third-order valence-corrected chi connectivity index (χ3v) is 6.14. The SMILES string of the molecule is COc1ccc(-c2n[nH]c(CNC(=O)CN3C(=O)NC4(CCCCC4C)C3=O)n2)cc1. The zero-order valence-electron chi connectivity index (χ0n) is 17.6. The van der Waals surface area contributed by atoms with Crippen LogP contribution in [-0.4, -0.2) is 57.1 Å². The van der Waals surface area contributed by atoms with Crippen LogP contribution in [-0.2, 0) is 16.1 Å². The Morgan fingerprint density at radius 1 is 1.29 bits per heavy atom. The lowest BCUT2D eigenvalue weighted by Gasteiger charge is -2.36. The zero-order valence-corrected chi connectivity index (χ0v) is 17.6. The summed E-state index contributed by atoms with van der Waals surface area (Å²) >= 11 is 0. The maximum absolute atomic E-state index is 12.9. The van der Waals surface area contributed by atoms with E-state index in [4.69, 9.17) is 4.74 Å². The fraction of sp³-hybridized carbons (Fsp3) is 0.476. The molecule has 2 heterocycles. The molecule has 31 heavy (non-hydrogen) atoms. The molecule has 164 valence electrons. The quantitative estimate of drug-likeness (QED) is 0.602. The number of amides is 4. The topological polar surface area (TPSA) is 129 Å². The van der Waals surface area contributed by atoms with Crippen LogP contribution in [0.3, 0.4) is 0 Å². The summed E-state index contributed by atoms with van der Waals surface area (Å²) in [4.78, 5) is 43.1. The number of carbonyl (C=O) groups is 3. The summed E-state index contributed by atoms with van der Waals surface area (Å²) < 4.78 is 5.13. The zero-order chi connectivity index (χ0) is 22.0. The number of aromatic amines is 1. The molecule has 10 heteroatoms. The average Bonchev–Trinajstić information content (AvgIpc) is 3.34. The van der Waals surface area contributed by atoms with Gasteiger partial charge >= 0.3 is 6.03 Å². The Balaban J connectivity index is 1.34. The summed E-state index contributed by atoms with van der Waals surface area (Å²) in [7, 11) is 1.59. The molecule has 1 aromatic heterocycles. The Bertz CT molecular complexity index is 988. The molecule has 2 unspecified atom stereocenters. The van der Waals surface area contributed by atoms with Crippen molar-refractivity contribution in [3.63, 3.8) is 0 Å². The van der Waals surface area contributed by atoms with Crippen LogP contribution in [0.5, 0.6) is 5.75 Å². The first kappa shape index (κ1) is 20.8. The molecule has 1 aliphatic heterocycles. The molecular formula is C21H26N6O4. The first-order valence-electron chi connectivity index (χ1n) is 10.4. The van der Waals surface area contributed by atoms with E-state index >= 15 is 0 Å². The first-order valence-corrected chi connectivity index (χ1v) is 10.4. The van der Waals surface area contributed by atoms with Gasteiger partial charge in [0.15, 0.2) is 5.82 Å². The predicted molar refractivity (Wildman–Crippen MR) is 111 cm³/mol. The van der Waals surface area contributed by atoms with E-state index in [1.807, 2.05) is 31.2 Å². The molecule has 1 aliphatic carbocycles. The number of carbonyl (C=O) groups excluding carboxylic acids is 3. The van der Waals surface area contributed by atoms with Crippen molar-refractivity contribution in [1.82, 2.24) is 30.7 Å². The third kappa shape index (κ3) is 3.97. The van der Waals surface area contributed by atoms with E-state index in [2.05, 4.69) is 25.8 Å². The fourth-order valence-electron chi connectivity index (χ4n) is 4.26. The molecule has 1 saturated heterocycles. The van der Waals surface area contributed by atoms with Gasteiger partial charge in [0.2, 0.25) is 5.91 Å². The van der Waals surface area contributed by atoms with Crippen LogP contribution in [0.4, 0.5) is 4.79 Å². The van der Waals surface area contributed by atoms with Crippen molar-refractivity contribution >= 4 is 17.8 Å². The van der Waals surface area contributed by atoms with Crippen LogP contribution in [0.2, 0.25) is 0 Å². The van der Waals surface area contributed by atoms with E-state index in [0.717, 1.165) is 35.5 Å². The lowest BCUT2D eigenvalue weighted by Crippen LogP contribution is -2.54. The second-order valence-corrected chi connectivity index (χ2v) is 8.05. The van der Waals surface area contributed by atoms with Gasteiger partial charge in [0.25, 0.3) is 5.91 Å². The van der Waals surface area contributed by atoms with Gasteiger partial charge in [-0.2, -0.15) is 5.10 Å². The summed E-state index contributed by atoms with van der Waals surface area (Å²) in [5, 5.41) is 12.5. The van der Waals surface area contributed by atoms with Gasteiger partial charge in [0.05, 0.1) is 13.7 Å². The van der Waals surface area contributed by atoms with E-state index < -0.39 is 17.5 Å². The Labute approximate surface area is 179 Å². The fourth-order valence-corrected chi connectivity index (χ4v) is 4.26. The molecule has 10 nitrogen and oxygen atoms in total. The number of hydrogen-bond acceptors (Lipinski definition) is 6. The molecular weight excluding hydrogens is 400 g/mol. The molecule has 0 radical (unpaired) electrons. The van der Waals surface area contributed by atoms with Crippen LogP contribution in [0, 0.1) is 5.92 Å². The van der Waals surface area contributed by atoms with Gasteiger partial charge in [-0.3, -0.25) is 19.6 Å². The van der Waals surface area contributed by atoms with E-state index in [9.17, 15) is 14.4 Å². The van der Waals surface area contributed by atoms with Crippen LogP contribution in [0.1, 0.15) is 38.4 Å². The highest BCUT2D eigenvalue weighted by Gasteiger charge is 2.55. The van der Waals surface area contributed by atoms with Crippen molar-refractivity contribution in [2.45, 2.75) is 44.7 Å². The highest BCUT2D eigenvalue weighted by Crippen LogP contribution is 2.38. The second-order valence-electron chi connectivity index (χ2n) is 8.05. The molecule has 3 N–H and O–H groups in total. The van der Waals surface area contributed by atoms with Crippen molar-refractivity contribution in [1.29, 1.82) is 0 Å². The molecule has 2 aliphatic rings. The van der Waals surface area contributed by atoms with E-state index in [0.29, 0.717) is 18.1 Å². The molecule has 4 amide bonds. The van der Waals surface area contributed by atoms with Gasteiger partial charge in [-0.25, -0.2) is 9.78 Å². The summed E-state index contributed by atoms with van der Waals surface area (Å²) in [6.45, 7) is 1.76. The number of urea groups is 1. The number of nitrogens with zero attached hydrogens (tertiary/aromatic N) is 3. The van der Waals surface area contributed by atoms with Gasteiger partial charge in [-0.15, -0.1) is 0 Å². The van der Waals surface area contributed by atoms with Crippen LogP contribution < -0.4 is 15.4 Å². The molecule has 1 aromatic carbocycles. The highest BCUT2D eigenvalue weighted by atomic mass is 16.5. The molecule has 4 rings (SSSR count). The van der Waals surface area contributed by atoms with Crippen molar-refractivity contribution in [3.8, 4) is 17.1 Å². The number of H-pyrrole nitrogens is 1. The summed E-state index contributed by atoms with van der Waals surface area (Å²) in [6, 6.07) is 6.79. The van der Waals surface area contributed by atoms with Gasteiger partial charge in [0, 0.05) is 5.56 Å². The number of benzene rings is 1. The van der Waals surface area contributed by atoms with E-state index in [1.54, 1.807) is 7.11 Å². The number of imide groups is 1. The Hall–Kier alpha value is -3.43. The van der Waals surface area contributed by atoms with Gasteiger partial charge < -0.3 is 15.4 Å². The van der Waals surface area contributed by atoms with Crippen molar-refractivity contribution in [3.05, 3.63) is 30.1 Å². The number of hydrogen-bond donors (Lipinski definition) is 3. The van der Waals surface area contributed by atoms with Crippen LogP contribution >= 0.6 is 0 Å². The normalized spacial score (nSPS) is 23.2. The standard InChI is InChI=1S/C21H26N6O4/c1-13-5-3-4-10-21(13)19(29)27(20(30)24-21)12-17(28)22-11-16-23-18(26-25-16)14-6-8-15(31-2)9-7-14/h6-9,13H,3-5,10-12H2,1-2H3,(H,22,28)(H,24,30)(H,23,25,26). The van der Waals surface area contributed by atoms with Crippen LogP contribution in [0.15, 0.2) is 24.3 Å². The molecule has 0 bridgehead atoms. The Kier molecular flexibility index (Phi) is 5.62. The number of methoxy groups -OCH3 is 1. The predicted octanol–water partition coefficient (Wildman–Crippen LogP) is 1.60. The molecule has 2 aromatic rings. The maximum atomic E-state index is 12.9. The molecule has 1 saturated carbocycles. The third-order valence-electron chi connectivity index (χ3n) is 6.14. The smallest absolute Gasteiger partial charge is 0.325 e. The minimum Gasteiger partial charge on any atom is -0.497 e. The van der Waals surface area contributed by atoms with Crippen LogP contribution in [0.25, 0.3) is 11.4 Å². The molecule has 1 spiro atoms. The van der Waals surface area contributed by atoms with Gasteiger partial charge in [-0.1, -0.05) is 19.8 Å². The molecule has 2 fully saturated rings. The minimum atomic E-state index is -0.867. The van der Waals surface area contributed by atoms with Gasteiger partial charge in [0.1, 0.15) is 23.7 Å².